The molecule has 0 saturated heterocycles. The van der Waals surface area contributed by atoms with Crippen LogP contribution in [0.3, 0.4) is 0 Å². The van der Waals surface area contributed by atoms with Crippen molar-refractivity contribution in [3.8, 4) is 11.5 Å². The molecule has 0 radical (unpaired) electrons. The van der Waals surface area contributed by atoms with Gasteiger partial charge in [0, 0.05) is 30.3 Å². The van der Waals surface area contributed by atoms with Gasteiger partial charge in [-0.05, 0) is 53.8 Å². The van der Waals surface area contributed by atoms with Crippen LogP contribution in [0.25, 0.3) is 5.70 Å². The summed E-state index contributed by atoms with van der Waals surface area (Å²) in [5.41, 5.74) is 5.58. The van der Waals surface area contributed by atoms with Gasteiger partial charge < -0.3 is 19.7 Å². The SMILES string of the molecule is CC(C)C(=O)NC1CCN(Cc2cccc(F)c2)C2=C1Cc1cc3c(cc12)OCO3. The second-order valence-electron chi connectivity index (χ2n) is 8.47. The lowest BCUT2D eigenvalue weighted by Gasteiger charge is -2.36. The molecule has 6 heteroatoms. The van der Waals surface area contributed by atoms with Gasteiger partial charge in [0.25, 0.3) is 0 Å². The maximum absolute atomic E-state index is 13.8. The standard InChI is InChI=1S/C24H25FN2O3/c1-14(2)24(28)26-20-6-7-27(12-15-4-3-5-17(25)8-15)23-18-11-22-21(29-13-30-22)10-16(18)9-19(20)23/h3-5,8,10-11,14,20H,6-7,9,12-13H2,1-2H3,(H,26,28). The van der Waals surface area contributed by atoms with Gasteiger partial charge >= 0.3 is 0 Å². The van der Waals surface area contributed by atoms with Crippen LogP contribution in [0.2, 0.25) is 0 Å². The van der Waals surface area contributed by atoms with E-state index in [0.29, 0.717) is 6.54 Å². The van der Waals surface area contributed by atoms with Gasteiger partial charge in [-0.3, -0.25) is 4.79 Å². The molecule has 0 fully saturated rings. The molecule has 3 aliphatic rings. The van der Waals surface area contributed by atoms with Crippen molar-refractivity contribution >= 4 is 11.6 Å². The van der Waals surface area contributed by atoms with Gasteiger partial charge in [0.05, 0.1) is 6.04 Å². The molecular weight excluding hydrogens is 383 g/mol. The number of benzene rings is 2. The minimum atomic E-state index is -0.226. The highest BCUT2D eigenvalue weighted by molar-refractivity contribution is 5.82. The van der Waals surface area contributed by atoms with Crippen LogP contribution in [-0.4, -0.2) is 30.2 Å². The highest BCUT2D eigenvalue weighted by Crippen LogP contribution is 2.46. The number of nitrogens with zero attached hydrogens (tertiary/aromatic N) is 1. The first-order valence-corrected chi connectivity index (χ1v) is 10.5. The van der Waals surface area contributed by atoms with E-state index in [-0.39, 0.29) is 30.5 Å². The topological polar surface area (TPSA) is 50.8 Å². The summed E-state index contributed by atoms with van der Waals surface area (Å²) in [6, 6.07) is 10.9. The Morgan fingerprint density at radius 2 is 2.03 bits per heavy atom. The maximum atomic E-state index is 13.8. The lowest BCUT2D eigenvalue weighted by molar-refractivity contribution is -0.124. The van der Waals surface area contributed by atoms with E-state index in [0.717, 1.165) is 47.7 Å². The number of hydrogen-bond acceptors (Lipinski definition) is 4. The molecule has 0 spiro atoms. The highest BCUT2D eigenvalue weighted by atomic mass is 19.1. The van der Waals surface area contributed by atoms with Gasteiger partial charge in [0.2, 0.25) is 12.7 Å². The van der Waals surface area contributed by atoms with Crippen LogP contribution < -0.4 is 14.8 Å². The zero-order chi connectivity index (χ0) is 20.8. The van der Waals surface area contributed by atoms with Gasteiger partial charge in [0.1, 0.15) is 5.82 Å². The van der Waals surface area contributed by atoms with E-state index < -0.39 is 0 Å². The Balaban J connectivity index is 1.53. The molecule has 2 heterocycles. The van der Waals surface area contributed by atoms with Crippen LogP contribution in [0.15, 0.2) is 42.0 Å². The predicted octanol–water partition coefficient (Wildman–Crippen LogP) is 3.87. The molecule has 1 amide bonds. The van der Waals surface area contributed by atoms with E-state index in [1.54, 1.807) is 12.1 Å². The van der Waals surface area contributed by atoms with Crippen LogP contribution in [0.1, 0.15) is 37.0 Å². The minimum absolute atomic E-state index is 0.00253. The Kier molecular flexibility index (Phi) is 4.65. The molecule has 1 atom stereocenters. The quantitative estimate of drug-likeness (QED) is 0.835. The Bertz CT molecular complexity index is 1050. The van der Waals surface area contributed by atoms with E-state index in [1.165, 1.54) is 17.2 Å². The molecule has 0 aromatic heterocycles. The van der Waals surface area contributed by atoms with E-state index in [2.05, 4.69) is 16.3 Å². The normalized spacial score (nSPS) is 19.2. The van der Waals surface area contributed by atoms with Gasteiger partial charge in [-0.2, -0.15) is 0 Å². The van der Waals surface area contributed by atoms with Crippen molar-refractivity contribution in [1.29, 1.82) is 0 Å². The average molecular weight is 408 g/mol. The molecule has 30 heavy (non-hydrogen) atoms. The molecule has 1 aliphatic carbocycles. The van der Waals surface area contributed by atoms with Crippen molar-refractivity contribution in [3.05, 3.63) is 64.5 Å². The van der Waals surface area contributed by atoms with Gasteiger partial charge in [0.15, 0.2) is 11.5 Å². The molecule has 5 nitrogen and oxygen atoms in total. The lowest BCUT2D eigenvalue weighted by atomic mass is 9.95. The zero-order valence-electron chi connectivity index (χ0n) is 17.2. The first-order valence-electron chi connectivity index (χ1n) is 10.5. The van der Waals surface area contributed by atoms with Crippen LogP contribution in [0, 0.1) is 11.7 Å². The number of halogens is 1. The second kappa shape index (κ2) is 7.35. The van der Waals surface area contributed by atoms with Crippen molar-refractivity contribution in [2.45, 2.75) is 39.3 Å². The summed E-state index contributed by atoms with van der Waals surface area (Å²) in [5.74, 6) is 1.30. The summed E-state index contributed by atoms with van der Waals surface area (Å²) in [7, 11) is 0. The Hall–Kier alpha value is -3.02. The van der Waals surface area contributed by atoms with E-state index >= 15 is 0 Å². The maximum Gasteiger partial charge on any atom is 0.231 e. The van der Waals surface area contributed by atoms with Crippen LogP contribution in [0.5, 0.6) is 11.5 Å². The molecule has 2 aliphatic heterocycles. The number of rotatable bonds is 4. The third kappa shape index (κ3) is 3.30. The Morgan fingerprint density at radius 3 is 2.80 bits per heavy atom. The molecular formula is C24H25FN2O3. The predicted molar refractivity (Wildman–Crippen MR) is 111 cm³/mol. The number of hydrogen-bond donors (Lipinski definition) is 1. The van der Waals surface area contributed by atoms with Crippen molar-refractivity contribution in [1.82, 2.24) is 10.2 Å². The van der Waals surface area contributed by atoms with E-state index in [9.17, 15) is 9.18 Å². The van der Waals surface area contributed by atoms with Gasteiger partial charge in [-0.15, -0.1) is 0 Å². The number of nitrogens with one attached hydrogen (secondary N) is 1. The number of fused-ring (bicyclic) bond motifs is 3. The smallest absolute Gasteiger partial charge is 0.231 e. The summed E-state index contributed by atoms with van der Waals surface area (Å²) in [4.78, 5) is 14.7. The number of ether oxygens (including phenoxy) is 2. The third-order valence-electron chi connectivity index (χ3n) is 6.07. The fourth-order valence-electron chi connectivity index (χ4n) is 4.56. The summed E-state index contributed by atoms with van der Waals surface area (Å²) >= 11 is 0. The van der Waals surface area contributed by atoms with Crippen molar-refractivity contribution in [2.24, 2.45) is 5.92 Å². The lowest BCUT2D eigenvalue weighted by Crippen LogP contribution is -2.44. The summed E-state index contributed by atoms with van der Waals surface area (Å²) < 4.78 is 24.9. The van der Waals surface area contributed by atoms with Crippen LogP contribution >= 0.6 is 0 Å². The molecule has 0 saturated carbocycles. The van der Waals surface area contributed by atoms with Gasteiger partial charge in [-0.1, -0.05) is 26.0 Å². The minimum Gasteiger partial charge on any atom is -0.454 e. The summed E-state index contributed by atoms with van der Waals surface area (Å²) in [6.45, 7) is 5.46. The molecule has 1 unspecified atom stereocenters. The molecule has 156 valence electrons. The molecule has 2 aromatic carbocycles. The van der Waals surface area contributed by atoms with Crippen LogP contribution in [0.4, 0.5) is 4.39 Å². The second-order valence-corrected chi connectivity index (χ2v) is 8.47. The Labute approximate surface area is 175 Å². The summed E-state index contributed by atoms with van der Waals surface area (Å²) in [5, 5.41) is 3.23. The van der Waals surface area contributed by atoms with Crippen molar-refractivity contribution < 1.29 is 18.7 Å². The fourth-order valence-corrected chi connectivity index (χ4v) is 4.56. The van der Waals surface area contributed by atoms with Gasteiger partial charge in [-0.25, -0.2) is 4.39 Å². The van der Waals surface area contributed by atoms with Crippen LogP contribution in [-0.2, 0) is 17.8 Å². The zero-order valence-corrected chi connectivity index (χ0v) is 17.2. The van der Waals surface area contributed by atoms with E-state index in [4.69, 9.17) is 9.47 Å². The number of amides is 1. The molecule has 5 rings (SSSR count). The first-order chi connectivity index (χ1) is 14.5. The third-order valence-corrected chi connectivity index (χ3v) is 6.07. The molecule has 0 bridgehead atoms. The largest absolute Gasteiger partial charge is 0.454 e. The molecule has 2 aromatic rings. The molecule has 1 N–H and O–H groups in total. The monoisotopic (exact) mass is 408 g/mol. The highest BCUT2D eigenvalue weighted by Gasteiger charge is 2.36. The van der Waals surface area contributed by atoms with Crippen molar-refractivity contribution in [2.75, 3.05) is 13.3 Å². The number of carbonyl (C=O) groups excluding carboxylic acids is 1. The average Bonchev–Trinajstić information content (AvgIpc) is 3.31. The van der Waals surface area contributed by atoms with E-state index in [1.807, 2.05) is 26.0 Å². The summed E-state index contributed by atoms with van der Waals surface area (Å²) in [6.07, 6.45) is 1.59. The fraction of sp³-hybridized carbons (Fsp3) is 0.375. The van der Waals surface area contributed by atoms with Crippen molar-refractivity contribution in [3.63, 3.8) is 0 Å². The Morgan fingerprint density at radius 1 is 1.23 bits per heavy atom. The first kappa shape index (κ1) is 19.0. The number of carbonyl (C=O) groups is 1.